The Balaban J connectivity index is 1.20. The molecule has 2 N–H and O–H groups in total. The third-order valence-electron chi connectivity index (χ3n) is 5.60. The molecule has 2 amide bonds. The number of piperidine rings is 1. The second kappa shape index (κ2) is 8.02. The number of likely N-dealkylation sites (tertiary alicyclic amines) is 1. The van der Waals surface area contributed by atoms with Crippen LogP contribution < -0.4 is 5.32 Å². The van der Waals surface area contributed by atoms with E-state index in [1.54, 1.807) is 6.20 Å². The van der Waals surface area contributed by atoms with Gasteiger partial charge in [-0.25, -0.2) is 14.5 Å². The summed E-state index contributed by atoms with van der Waals surface area (Å²) in [7, 11) is 0. The number of benzene rings is 2. The highest BCUT2D eigenvalue weighted by molar-refractivity contribution is 5.75. The van der Waals surface area contributed by atoms with Crippen LogP contribution in [0.25, 0.3) is 16.7 Å². The molecule has 7 heteroatoms. The van der Waals surface area contributed by atoms with Crippen molar-refractivity contribution in [1.29, 1.82) is 0 Å². The molecule has 0 saturated carbocycles. The molecule has 1 unspecified atom stereocenters. The summed E-state index contributed by atoms with van der Waals surface area (Å²) < 4.78 is 1.82. The second-order valence-electron chi connectivity index (χ2n) is 7.71. The van der Waals surface area contributed by atoms with Crippen LogP contribution in [-0.4, -0.2) is 43.8 Å². The van der Waals surface area contributed by atoms with E-state index < -0.39 is 0 Å². The van der Waals surface area contributed by atoms with Crippen molar-refractivity contribution in [2.75, 3.05) is 13.1 Å². The molecule has 0 radical (unpaired) electrons. The number of fused-ring (bicyclic) bond motifs is 1. The second-order valence-corrected chi connectivity index (χ2v) is 7.71. The Kier molecular flexibility index (Phi) is 4.93. The van der Waals surface area contributed by atoms with Gasteiger partial charge in [0, 0.05) is 37.3 Å². The van der Waals surface area contributed by atoms with E-state index in [1.165, 1.54) is 0 Å². The predicted molar refractivity (Wildman–Crippen MR) is 115 cm³/mol. The molecule has 1 aliphatic rings. The van der Waals surface area contributed by atoms with Crippen molar-refractivity contribution in [2.24, 2.45) is 0 Å². The van der Waals surface area contributed by atoms with Crippen molar-refractivity contribution in [3.05, 3.63) is 78.4 Å². The first-order valence-electron chi connectivity index (χ1n) is 10.3. The van der Waals surface area contributed by atoms with Crippen molar-refractivity contribution in [1.82, 2.24) is 30.0 Å². The lowest BCUT2D eigenvalue weighted by molar-refractivity contribution is 0.178. The Morgan fingerprint density at radius 1 is 1.13 bits per heavy atom. The van der Waals surface area contributed by atoms with Gasteiger partial charge in [-0.15, -0.1) is 0 Å². The number of aromatic nitrogens is 4. The number of carbonyl (C=O) groups is 1. The van der Waals surface area contributed by atoms with E-state index in [-0.39, 0.29) is 11.9 Å². The fourth-order valence-electron chi connectivity index (χ4n) is 4.01. The molecule has 0 bridgehead atoms. The first-order valence-corrected chi connectivity index (χ1v) is 10.3. The summed E-state index contributed by atoms with van der Waals surface area (Å²) >= 11 is 0. The van der Waals surface area contributed by atoms with Crippen LogP contribution >= 0.6 is 0 Å². The van der Waals surface area contributed by atoms with Crippen molar-refractivity contribution in [2.45, 2.75) is 25.3 Å². The highest BCUT2D eigenvalue weighted by atomic mass is 16.2. The number of nitrogens with zero attached hydrogens (tertiary/aromatic N) is 4. The van der Waals surface area contributed by atoms with Crippen molar-refractivity contribution in [3.63, 3.8) is 0 Å². The lowest BCUT2D eigenvalue weighted by atomic mass is 9.97. The van der Waals surface area contributed by atoms with Gasteiger partial charge in [0.1, 0.15) is 5.82 Å². The minimum atomic E-state index is -0.0386. The van der Waals surface area contributed by atoms with E-state index in [4.69, 9.17) is 4.98 Å². The van der Waals surface area contributed by atoms with Gasteiger partial charge in [0.15, 0.2) is 0 Å². The van der Waals surface area contributed by atoms with Crippen LogP contribution in [0.15, 0.2) is 67.0 Å². The van der Waals surface area contributed by atoms with Crippen LogP contribution in [0.4, 0.5) is 4.79 Å². The van der Waals surface area contributed by atoms with Crippen LogP contribution in [0.1, 0.15) is 30.1 Å². The van der Waals surface area contributed by atoms with Gasteiger partial charge in [-0.05, 0) is 37.1 Å². The number of rotatable bonds is 4. The minimum Gasteiger partial charge on any atom is -0.342 e. The van der Waals surface area contributed by atoms with E-state index >= 15 is 0 Å². The smallest absolute Gasteiger partial charge is 0.317 e. The van der Waals surface area contributed by atoms with Gasteiger partial charge in [0.25, 0.3) is 0 Å². The molecule has 0 spiro atoms. The largest absolute Gasteiger partial charge is 0.342 e. The van der Waals surface area contributed by atoms with E-state index in [1.807, 2.05) is 70.4 Å². The zero-order valence-corrected chi connectivity index (χ0v) is 16.7. The quantitative estimate of drug-likeness (QED) is 0.546. The molecule has 1 saturated heterocycles. The molecule has 7 nitrogen and oxygen atoms in total. The summed E-state index contributed by atoms with van der Waals surface area (Å²) in [5.74, 6) is 1.20. The Morgan fingerprint density at radius 3 is 2.83 bits per heavy atom. The number of para-hydroxylation sites is 3. The Labute approximate surface area is 174 Å². The minimum absolute atomic E-state index is 0.0386. The van der Waals surface area contributed by atoms with Gasteiger partial charge >= 0.3 is 6.03 Å². The molecule has 3 heterocycles. The fraction of sp³-hybridized carbons (Fsp3) is 0.261. The van der Waals surface area contributed by atoms with Crippen LogP contribution in [0.5, 0.6) is 0 Å². The number of amides is 2. The number of aromatic amines is 1. The number of hydrogen-bond acceptors (Lipinski definition) is 3. The first kappa shape index (κ1) is 18.4. The molecular weight excluding hydrogens is 376 g/mol. The first-order chi connectivity index (χ1) is 14.8. The molecule has 4 aromatic rings. The van der Waals surface area contributed by atoms with Crippen molar-refractivity contribution < 1.29 is 4.79 Å². The number of carbonyl (C=O) groups excluding carboxylic acids is 1. The van der Waals surface area contributed by atoms with Gasteiger partial charge < -0.3 is 15.2 Å². The normalized spacial score (nSPS) is 16.7. The van der Waals surface area contributed by atoms with Crippen molar-refractivity contribution >= 4 is 17.1 Å². The van der Waals surface area contributed by atoms with Crippen LogP contribution in [0.2, 0.25) is 0 Å². The topological polar surface area (TPSA) is 78.8 Å². The van der Waals surface area contributed by atoms with E-state index in [9.17, 15) is 4.79 Å². The SMILES string of the molecule is O=C(NCc1cnn(-c2ccccc2)c1)N1CCCC(c2nc3ccccc3[nH]2)C1. The maximum Gasteiger partial charge on any atom is 0.317 e. The standard InChI is InChI=1S/C23H24N6O/c30-23(24-13-17-14-25-29(15-17)19-8-2-1-3-9-19)28-12-6-7-18(16-28)22-26-20-10-4-5-11-21(20)27-22/h1-5,8-11,14-15,18H,6-7,12-13,16H2,(H,24,30)(H,26,27). The molecule has 152 valence electrons. The lowest BCUT2D eigenvalue weighted by Gasteiger charge is -2.31. The fourth-order valence-corrected chi connectivity index (χ4v) is 4.01. The summed E-state index contributed by atoms with van der Waals surface area (Å²) in [6, 6.07) is 17.9. The van der Waals surface area contributed by atoms with Gasteiger partial charge in [-0.1, -0.05) is 30.3 Å². The summed E-state index contributed by atoms with van der Waals surface area (Å²) in [5, 5.41) is 7.42. The van der Waals surface area contributed by atoms with Crippen LogP contribution in [0.3, 0.4) is 0 Å². The maximum absolute atomic E-state index is 12.8. The van der Waals surface area contributed by atoms with Crippen molar-refractivity contribution in [3.8, 4) is 5.69 Å². The molecule has 30 heavy (non-hydrogen) atoms. The van der Waals surface area contributed by atoms with E-state index in [0.717, 1.165) is 47.5 Å². The molecule has 1 aliphatic heterocycles. The predicted octanol–water partition coefficient (Wildman–Crippen LogP) is 3.84. The highest BCUT2D eigenvalue weighted by Crippen LogP contribution is 2.26. The third kappa shape index (κ3) is 3.78. The molecule has 2 aromatic carbocycles. The maximum atomic E-state index is 12.8. The number of hydrogen-bond donors (Lipinski definition) is 2. The number of H-pyrrole nitrogens is 1. The zero-order valence-electron chi connectivity index (χ0n) is 16.7. The van der Waals surface area contributed by atoms with E-state index in [0.29, 0.717) is 13.1 Å². The zero-order chi connectivity index (χ0) is 20.3. The van der Waals surface area contributed by atoms with Crippen LogP contribution in [0, 0.1) is 0 Å². The summed E-state index contributed by atoms with van der Waals surface area (Å²) in [4.78, 5) is 22.8. The number of nitrogens with one attached hydrogen (secondary N) is 2. The van der Waals surface area contributed by atoms with Gasteiger partial charge in [-0.3, -0.25) is 0 Å². The summed E-state index contributed by atoms with van der Waals surface area (Å²) in [5.41, 5.74) is 3.99. The van der Waals surface area contributed by atoms with Gasteiger partial charge in [0.05, 0.1) is 22.9 Å². The molecule has 0 aliphatic carbocycles. The van der Waals surface area contributed by atoms with Gasteiger partial charge in [0.2, 0.25) is 0 Å². The molecular formula is C23H24N6O. The molecule has 5 rings (SSSR count). The molecule has 1 atom stereocenters. The van der Waals surface area contributed by atoms with Crippen LogP contribution in [-0.2, 0) is 6.54 Å². The van der Waals surface area contributed by atoms with E-state index in [2.05, 4.69) is 15.4 Å². The lowest BCUT2D eigenvalue weighted by Crippen LogP contribution is -2.44. The van der Waals surface area contributed by atoms with Gasteiger partial charge in [-0.2, -0.15) is 5.10 Å². The Bertz CT molecular complexity index is 1120. The number of urea groups is 1. The third-order valence-corrected chi connectivity index (χ3v) is 5.60. The Morgan fingerprint density at radius 2 is 1.97 bits per heavy atom. The summed E-state index contributed by atoms with van der Waals surface area (Å²) in [6.07, 6.45) is 5.75. The average molecular weight is 400 g/mol. The molecule has 2 aromatic heterocycles. The summed E-state index contributed by atoms with van der Waals surface area (Å²) in [6.45, 7) is 1.90. The Hall–Kier alpha value is -3.61. The monoisotopic (exact) mass is 400 g/mol. The average Bonchev–Trinajstić information content (AvgIpc) is 3.45. The highest BCUT2D eigenvalue weighted by Gasteiger charge is 2.26. The number of imidazole rings is 1. The molecule has 1 fully saturated rings.